The molecule has 0 fully saturated rings. The summed E-state index contributed by atoms with van der Waals surface area (Å²) in [5.74, 6) is 0.272. The Bertz CT molecular complexity index is 671. The first-order valence-electron chi connectivity index (χ1n) is 6.62. The van der Waals surface area contributed by atoms with Crippen molar-refractivity contribution in [1.82, 2.24) is 4.31 Å². The molecule has 0 atom stereocenters. The molecular formula is C14H19ClN2O3S. The van der Waals surface area contributed by atoms with Crippen LogP contribution in [0.15, 0.2) is 28.7 Å². The summed E-state index contributed by atoms with van der Waals surface area (Å²) in [6.07, 6.45) is 2.75. The Morgan fingerprint density at radius 3 is 2.71 bits per heavy atom. The molecule has 21 heavy (non-hydrogen) atoms. The van der Waals surface area contributed by atoms with Gasteiger partial charge in [-0.2, -0.15) is 4.31 Å². The highest BCUT2D eigenvalue weighted by Gasteiger charge is 2.30. The second kappa shape index (κ2) is 6.36. The van der Waals surface area contributed by atoms with Crippen molar-refractivity contribution in [1.29, 1.82) is 0 Å². The molecule has 1 aliphatic heterocycles. The molecule has 5 nitrogen and oxygen atoms in total. The predicted molar refractivity (Wildman–Crippen MR) is 83.0 cm³/mol. The van der Waals surface area contributed by atoms with E-state index >= 15 is 0 Å². The molecule has 0 saturated heterocycles. The van der Waals surface area contributed by atoms with E-state index in [9.17, 15) is 8.42 Å². The first-order valence-corrected chi connectivity index (χ1v) is 8.44. The monoisotopic (exact) mass is 330 g/mol. The molecule has 1 aliphatic rings. The molecule has 0 aliphatic carbocycles. The van der Waals surface area contributed by atoms with Crippen LogP contribution in [-0.4, -0.2) is 32.9 Å². The molecule has 0 aromatic heterocycles. The summed E-state index contributed by atoms with van der Waals surface area (Å²) in [5.41, 5.74) is 7.26. The lowest BCUT2D eigenvalue weighted by Crippen LogP contribution is -2.35. The number of hydrogen-bond donors (Lipinski definition) is 1. The lowest BCUT2D eigenvalue weighted by atomic mass is 10.2. The number of rotatable bonds is 4. The molecule has 1 aromatic rings. The number of hydrogen-bond acceptors (Lipinski definition) is 4. The number of nitrogens with two attached hydrogens (primary N) is 1. The number of halogens is 1. The van der Waals surface area contributed by atoms with Gasteiger partial charge in [0.25, 0.3) is 0 Å². The zero-order valence-corrected chi connectivity index (χ0v) is 13.7. The van der Waals surface area contributed by atoms with Crippen LogP contribution in [0.25, 0.3) is 0 Å². The minimum absolute atomic E-state index is 0.0765. The SMILES string of the molecule is COc1c(CN)cc(Cl)cc1S(=O)(=O)N1CCC=C(C)C1. The highest BCUT2D eigenvalue weighted by Crippen LogP contribution is 2.34. The quantitative estimate of drug-likeness (QED) is 0.858. The van der Waals surface area contributed by atoms with Gasteiger partial charge in [-0.15, -0.1) is 0 Å². The Hall–Kier alpha value is -1.08. The van der Waals surface area contributed by atoms with Crippen LogP contribution in [-0.2, 0) is 16.6 Å². The van der Waals surface area contributed by atoms with Crippen molar-refractivity contribution in [2.45, 2.75) is 24.8 Å². The second-order valence-electron chi connectivity index (χ2n) is 4.98. The van der Waals surface area contributed by atoms with E-state index in [0.717, 1.165) is 5.57 Å². The van der Waals surface area contributed by atoms with Crippen LogP contribution < -0.4 is 10.5 Å². The zero-order chi connectivity index (χ0) is 15.6. The van der Waals surface area contributed by atoms with Crippen LogP contribution in [0.5, 0.6) is 5.75 Å². The maximum absolute atomic E-state index is 12.9. The van der Waals surface area contributed by atoms with E-state index in [0.29, 0.717) is 30.1 Å². The van der Waals surface area contributed by atoms with E-state index in [1.807, 2.05) is 13.0 Å². The maximum Gasteiger partial charge on any atom is 0.247 e. The molecule has 0 bridgehead atoms. The summed E-state index contributed by atoms with van der Waals surface area (Å²) >= 11 is 6.03. The molecule has 0 saturated carbocycles. The standard InChI is InChI=1S/C14H19ClN2O3S/c1-10-4-3-5-17(9-10)21(18,19)13-7-12(15)6-11(8-16)14(13)20-2/h4,6-7H,3,5,8-9,16H2,1-2H3. The Kier molecular flexibility index (Phi) is 4.93. The van der Waals surface area contributed by atoms with Gasteiger partial charge >= 0.3 is 0 Å². The van der Waals surface area contributed by atoms with Gasteiger partial charge in [0.05, 0.1) is 7.11 Å². The third kappa shape index (κ3) is 3.23. The number of nitrogens with zero attached hydrogens (tertiary/aromatic N) is 1. The van der Waals surface area contributed by atoms with Gasteiger partial charge in [0.1, 0.15) is 10.6 Å². The van der Waals surface area contributed by atoms with E-state index in [4.69, 9.17) is 22.1 Å². The molecule has 0 amide bonds. The van der Waals surface area contributed by atoms with E-state index in [2.05, 4.69) is 0 Å². The van der Waals surface area contributed by atoms with Gasteiger partial charge < -0.3 is 10.5 Å². The minimum Gasteiger partial charge on any atom is -0.495 e. The fourth-order valence-electron chi connectivity index (χ4n) is 2.42. The topological polar surface area (TPSA) is 72.6 Å². The number of sulfonamides is 1. The number of ether oxygens (including phenoxy) is 1. The molecule has 2 N–H and O–H groups in total. The van der Waals surface area contributed by atoms with Crippen molar-refractivity contribution in [3.05, 3.63) is 34.4 Å². The lowest BCUT2D eigenvalue weighted by Gasteiger charge is -2.26. The largest absolute Gasteiger partial charge is 0.495 e. The molecule has 0 spiro atoms. The van der Waals surface area contributed by atoms with Crippen molar-refractivity contribution in [2.24, 2.45) is 5.73 Å². The summed E-state index contributed by atoms with van der Waals surface area (Å²) in [4.78, 5) is 0.0765. The zero-order valence-electron chi connectivity index (χ0n) is 12.1. The van der Waals surface area contributed by atoms with E-state index in [1.54, 1.807) is 6.07 Å². The van der Waals surface area contributed by atoms with Crippen molar-refractivity contribution in [3.8, 4) is 5.75 Å². The van der Waals surface area contributed by atoms with E-state index < -0.39 is 10.0 Å². The second-order valence-corrected chi connectivity index (χ2v) is 7.32. The molecule has 2 rings (SSSR count). The molecule has 0 unspecified atom stereocenters. The van der Waals surface area contributed by atoms with Gasteiger partial charge in [-0.3, -0.25) is 0 Å². The fourth-order valence-corrected chi connectivity index (χ4v) is 4.45. The Morgan fingerprint density at radius 2 is 2.14 bits per heavy atom. The van der Waals surface area contributed by atoms with Crippen LogP contribution in [0.2, 0.25) is 5.02 Å². The molecule has 1 aromatic carbocycles. The van der Waals surface area contributed by atoms with Gasteiger partial charge in [-0.25, -0.2) is 8.42 Å². The third-order valence-corrected chi connectivity index (χ3v) is 5.50. The summed E-state index contributed by atoms with van der Waals surface area (Å²) < 4.78 is 32.4. The Morgan fingerprint density at radius 1 is 1.43 bits per heavy atom. The van der Waals surface area contributed by atoms with Gasteiger partial charge in [-0.05, 0) is 25.5 Å². The van der Waals surface area contributed by atoms with Crippen LogP contribution >= 0.6 is 11.6 Å². The Labute approximate surface area is 130 Å². The summed E-state index contributed by atoms with van der Waals surface area (Å²) in [7, 11) is -2.23. The van der Waals surface area contributed by atoms with Crippen molar-refractivity contribution in [2.75, 3.05) is 20.2 Å². The molecule has 0 radical (unpaired) electrons. The smallest absolute Gasteiger partial charge is 0.247 e. The lowest BCUT2D eigenvalue weighted by molar-refractivity contribution is 0.388. The van der Waals surface area contributed by atoms with Crippen LogP contribution in [0.1, 0.15) is 18.9 Å². The van der Waals surface area contributed by atoms with Crippen molar-refractivity contribution < 1.29 is 13.2 Å². The van der Waals surface area contributed by atoms with E-state index in [1.165, 1.54) is 17.5 Å². The van der Waals surface area contributed by atoms with Crippen molar-refractivity contribution in [3.63, 3.8) is 0 Å². The average molecular weight is 331 g/mol. The highest BCUT2D eigenvalue weighted by atomic mass is 35.5. The molecule has 116 valence electrons. The highest BCUT2D eigenvalue weighted by molar-refractivity contribution is 7.89. The minimum atomic E-state index is -3.67. The Balaban J connectivity index is 2.54. The summed E-state index contributed by atoms with van der Waals surface area (Å²) in [6.45, 7) is 2.91. The summed E-state index contributed by atoms with van der Waals surface area (Å²) in [6, 6.07) is 3.04. The van der Waals surface area contributed by atoms with Crippen LogP contribution in [0, 0.1) is 0 Å². The fraction of sp³-hybridized carbons (Fsp3) is 0.429. The predicted octanol–water partition coefficient (Wildman–Crippen LogP) is 2.15. The van der Waals surface area contributed by atoms with Crippen LogP contribution in [0.4, 0.5) is 0 Å². The first kappa shape index (κ1) is 16.3. The molecule has 7 heteroatoms. The van der Waals surface area contributed by atoms with Gasteiger partial charge in [0, 0.05) is 30.2 Å². The third-order valence-electron chi connectivity index (χ3n) is 3.44. The first-order chi connectivity index (χ1) is 9.90. The molecular weight excluding hydrogens is 312 g/mol. The summed E-state index contributed by atoms with van der Waals surface area (Å²) in [5, 5.41) is 0.332. The van der Waals surface area contributed by atoms with Gasteiger partial charge in [-0.1, -0.05) is 23.3 Å². The van der Waals surface area contributed by atoms with Crippen molar-refractivity contribution >= 4 is 21.6 Å². The maximum atomic E-state index is 12.9. The van der Waals surface area contributed by atoms with Crippen LogP contribution in [0.3, 0.4) is 0 Å². The van der Waals surface area contributed by atoms with Gasteiger partial charge in [0.15, 0.2) is 0 Å². The molecule has 1 heterocycles. The average Bonchev–Trinajstić information content (AvgIpc) is 2.46. The van der Waals surface area contributed by atoms with E-state index in [-0.39, 0.29) is 17.2 Å². The normalized spacial score (nSPS) is 16.7. The number of methoxy groups -OCH3 is 1. The van der Waals surface area contributed by atoms with Gasteiger partial charge in [0.2, 0.25) is 10.0 Å². The number of benzene rings is 1.